The molecular formula is C15H15BrN2O2. The Morgan fingerprint density at radius 1 is 1.25 bits per heavy atom. The molecule has 0 unspecified atom stereocenters. The van der Waals surface area contributed by atoms with E-state index in [0.29, 0.717) is 12.1 Å². The van der Waals surface area contributed by atoms with Gasteiger partial charge in [-0.2, -0.15) is 0 Å². The number of hydrogen-bond donors (Lipinski definition) is 3. The number of rotatable bonds is 4. The summed E-state index contributed by atoms with van der Waals surface area (Å²) in [6, 6.07) is 13.3. The molecule has 4 N–H and O–H groups in total. The zero-order chi connectivity index (χ0) is 14.5. The normalized spacial score (nSPS) is 11.9. The molecule has 0 aliphatic heterocycles. The van der Waals surface area contributed by atoms with E-state index in [4.69, 9.17) is 5.73 Å². The smallest absolute Gasteiger partial charge is 0.241 e. The molecular weight excluding hydrogens is 320 g/mol. The van der Waals surface area contributed by atoms with E-state index in [9.17, 15) is 9.90 Å². The van der Waals surface area contributed by atoms with Crippen molar-refractivity contribution < 1.29 is 9.90 Å². The van der Waals surface area contributed by atoms with Gasteiger partial charge >= 0.3 is 0 Å². The third-order valence-electron chi connectivity index (χ3n) is 2.82. The average molecular weight is 335 g/mol. The Kier molecular flexibility index (Phi) is 4.76. The Morgan fingerprint density at radius 2 is 1.95 bits per heavy atom. The van der Waals surface area contributed by atoms with Gasteiger partial charge in [-0.1, -0.05) is 34.1 Å². The first-order valence-corrected chi connectivity index (χ1v) is 6.94. The monoisotopic (exact) mass is 334 g/mol. The van der Waals surface area contributed by atoms with Crippen LogP contribution in [0.4, 0.5) is 5.69 Å². The number of nitrogens with one attached hydrogen (secondary N) is 1. The van der Waals surface area contributed by atoms with Gasteiger partial charge in [0.2, 0.25) is 5.91 Å². The Labute approximate surface area is 125 Å². The summed E-state index contributed by atoms with van der Waals surface area (Å²) in [5, 5.41) is 12.0. The number of phenolic OH excluding ortho intramolecular Hbond substituents is 1. The fraction of sp³-hybridized carbons (Fsp3) is 0.133. The highest BCUT2D eigenvalue weighted by atomic mass is 79.9. The van der Waals surface area contributed by atoms with Gasteiger partial charge in [0.05, 0.1) is 6.04 Å². The molecule has 1 atom stereocenters. The van der Waals surface area contributed by atoms with Gasteiger partial charge in [-0.15, -0.1) is 0 Å². The van der Waals surface area contributed by atoms with Crippen molar-refractivity contribution in [3.05, 3.63) is 58.6 Å². The fourth-order valence-electron chi connectivity index (χ4n) is 1.78. The van der Waals surface area contributed by atoms with Gasteiger partial charge in [-0.05, 0) is 42.3 Å². The van der Waals surface area contributed by atoms with E-state index in [-0.39, 0.29) is 11.7 Å². The van der Waals surface area contributed by atoms with Crippen LogP contribution >= 0.6 is 15.9 Å². The van der Waals surface area contributed by atoms with Crippen LogP contribution in [0, 0.1) is 0 Å². The summed E-state index contributed by atoms with van der Waals surface area (Å²) in [5.74, 6) is -0.0444. The number of anilines is 1. The molecule has 2 aromatic carbocycles. The summed E-state index contributed by atoms with van der Waals surface area (Å²) < 4.78 is 0.891. The van der Waals surface area contributed by atoms with Crippen molar-refractivity contribution in [2.24, 2.45) is 5.73 Å². The largest absolute Gasteiger partial charge is 0.508 e. The Morgan fingerprint density at radius 3 is 2.60 bits per heavy atom. The van der Waals surface area contributed by atoms with Crippen LogP contribution in [-0.4, -0.2) is 17.1 Å². The van der Waals surface area contributed by atoms with E-state index in [1.54, 1.807) is 30.3 Å². The van der Waals surface area contributed by atoms with Crippen molar-refractivity contribution in [3.8, 4) is 5.75 Å². The van der Waals surface area contributed by atoms with Gasteiger partial charge in [0, 0.05) is 10.2 Å². The van der Waals surface area contributed by atoms with Gasteiger partial charge < -0.3 is 16.2 Å². The summed E-state index contributed by atoms with van der Waals surface area (Å²) in [7, 11) is 0. The third kappa shape index (κ3) is 4.08. The molecule has 0 heterocycles. The number of hydrogen-bond acceptors (Lipinski definition) is 3. The van der Waals surface area contributed by atoms with Gasteiger partial charge in [0.15, 0.2) is 0 Å². The minimum absolute atomic E-state index is 0.195. The maximum atomic E-state index is 12.0. The van der Waals surface area contributed by atoms with Crippen molar-refractivity contribution in [2.75, 3.05) is 5.32 Å². The van der Waals surface area contributed by atoms with Crippen LogP contribution < -0.4 is 11.1 Å². The molecule has 2 aromatic rings. The second kappa shape index (κ2) is 6.54. The highest BCUT2D eigenvalue weighted by Crippen LogP contribution is 2.16. The molecule has 5 heteroatoms. The number of aromatic hydroxyl groups is 1. The first kappa shape index (κ1) is 14.6. The van der Waals surface area contributed by atoms with Crippen LogP contribution in [0.15, 0.2) is 53.0 Å². The predicted molar refractivity (Wildman–Crippen MR) is 82.6 cm³/mol. The van der Waals surface area contributed by atoms with Crippen LogP contribution in [0.25, 0.3) is 0 Å². The molecule has 0 fully saturated rings. The van der Waals surface area contributed by atoms with Gasteiger partial charge in [0.25, 0.3) is 0 Å². The Balaban J connectivity index is 1.96. The lowest BCUT2D eigenvalue weighted by Gasteiger charge is -2.12. The minimum Gasteiger partial charge on any atom is -0.508 e. The zero-order valence-electron chi connectivity index (χ0n) is 10.7. The Hall–Kier alpha value is -1.85. The molecule has 4 nitrogen and oxygen atoms in total. The topological polar surface area (TPSA) is 75.3 Å². The molecule has 104 valence electrons. The summed E-state index contributed by atoms with van der Waals surface area (Å²) in [4.78, 5) is 12.0. The number of amides is 1. The van der Waals surface area contributed by atoms with Crippen molar-refractivity contribution in [1.29, 1.82) is 0 Å². The average Bonchev–Trinajstić information content (AvgIpc) is 2.41. The molecule has 0 saturated carbocycles. The predicted octanol–water partition coefficient (Wildman–Crippen LogP) is 2.66. The number of carbonyl (C=O) groups excluding carboxylic acids is 1. The molecule has 0 radical (unpaired) electrons. The van der Waals surface area contributed by atoms with E-state index in [1.165, 1.54) is 0 Å². The number of nitrogens with two attached hydrogens (primary N) is 1. The van der Waals surface area contributed by atoms with E-state index in [0.717, 1.165) is 10.0 Å². The van der Waals surface area contributed by atoms with Crippen molar-refractivity contribution >= 4 is 27.5 Å². The second-order valence-electron chi connectivity index (χ2n) is 4.48. The lowest BCUT2D eigenvalue weighted by atomic mass is 10.1. The first-order valence-electron chi connectivity index (χ1n) is 6.14. The molecule has 20 heavy (non-hydrogen) atoms. The molecule has 2 rings (SSSR count). The maximum absolute atomic E-state index is 12.0. The van der Waals surface area contributed by atoms with E-state index in [1.807, 2.05) is 18.2 Å². The summed E-state index contributed by atoms with van der Waals surface area (Å²) in [6.07, 6.45) is 0.417. The summed E-state index contributed by atoms with van der Waals surface area (Å²) in [5.41, 5.74) is 7.49. The van der Waals surface area contributed by atoms with Crippen LogP contribution in [0.3, 0.4) is 0 Å². The molecule has 0 aliphatic carbocycles. The summed E-state index contributed by atoms with van der Waals surface area (Å²) in [6.45, 7) is 0. The highest BCUT2D eigenvalue weighted by Gasteiger charge is 2.14. The number of benzene rings is 2. The van der Waals surface area contributed by atoms with E-state index < -0.39 is 6.04 Å². The maximum Gasteiger partial charge on any atom is 0.241 e. The fourth-order valence-corrected chi connectivity index (χ4v) is 2.18. The number of halogens is 1. The van der Waals surface area contributed by atoms with Crippen LogP contribution in [0.1, 0.15) is 5.56 Å². The molecule has 0 bridgehead atoms. The first-order chi connectivity index (χ1) is 9.54. The highest BCUT2D eigenvalue weighted by molar-refractivity contribution is 9.10. The van der Waals surface area contributed by atoms with Gasteiger partial charge in [0.1, 0.15) is 5.75 Å². The van der Waals surface area contributed by atoms with E-state index in [2.05, 4.69) is 21.2 Å². The molecule has 0 aliphatic rings. The van der Waals surface area contributed by atoms with Gasteiger partial charge in [-0.25, -0.2) is 0 Å². The van der Waals surface area contributed by atoms with Crippen molar-refractivity contribution in [1.82, 2.24) is 0 Å². The number of carbonyl (C=O) groups is 1. The second-order valence-corrected chi connectivity index (χ2v) is 5.39. The zero-order valence-corrected chi connectivity index (χ0v) is 12.3. The van der Waals surface area contributed by atoms with Crippen LogP contribution in [0.2, 0.25) is 0 Å². The molecule has 0 saturated heterocycles. The lowest BCUT2D eigenvalue weighted by Crippen LogP contribution is -2.37. The Bertz CT molecular complexity index is 599. The van der Waals surface area contributed by atoms with Crippen molar-refractivity contribution in [3.63, 3.8) is 0 Å². The van der Waals surface area contributed by atoms with Crippen LogP contribution in [0.5, 0.6) is 5.75 Å². The molecule has 0 spiro atoms. The summed E-state index contributed by atoms with van der Waals surface area (Å²) >= 11 is 3.34. The molecule has 0 aromatic heterocycles. The SMILES string of the molecule is N[C@@H](Cc1ccc(O)cc1)C(=O)Nc1cccc(Br)c1. The lowest BCUT2D eigenvalue weighted by molar-refractivity contribution is -0.117. The van der Waals surface area contributed by atoms with Crippen LogP contribution in [-0.2, 0) is 11.2 Å². The molecule has 1 amide bonds. The van der Waals surface area contributed by atoms with Crippen molar-refractivity contribution in [2.45, 2.75) is 12.5 Å². The minimum atomic E-state index is -0.640. The quantitative estimate of drug-likeness (QED) is 0.804. The standard InChI is InChI=1S/C15H15BrN2O2/c16-11-2-1-3-12(9-11)18-15(20)14(17)8-10-4-6-13(19)7-5-10/h1-7,9,14,19H,8,17H2,(H,18,20)/t14-/m0/s1. The van der Waals surface area contributed by atoms with E-state index >= 15 is 0 Å². The third-order valence-corrected chi connectivity index (χ3v) is 3.31. The number of phenols is 1. The van der Waals surface area contributed by atoms with Gasteiger partial charge in [-0.3, -0.25) is 4.79 Å².